The molecule has 0 atom stereocenters. The number of hydrogen-bond acceptors (Lipinski definition) is 4. The summed E-state index contributed by atoms with van der Waals surface area (Å²) in [5, 5.41) is 7.21. The largest absolute Gasteiger partial charge is 0.350 e. The van der Waals surface area contributed by atoms with Crippen LogP contribution in [0, 0.1) is 0 Å². The first-order valence-corrected chi connectivity index (χ1v) is 8.69. The highest BCUT2D eigenvalue weighted by Crippen LogP contribution is 2.14. The second-order valence-electron chi connectivity index (χ2n) is 5.55. The molecule has 0 saturated carbocycles. The maximum Gasteiger partial charge on any atom is 0.254 e. The Hall–Kier alpha value is -2.63. The first-order chi connectivity index (χ1) is 12.6. The molecule has 0 aliphatic heterocycles. The van der Waals surface area contributed by atoms with Crippen molar-refractivity contribution in [3.05, 3.63) is 87.7 Å². The Bertz CT molecular complexity index is 883. The summed E-state index contributed by atoms with van der Waals surface area (Å²) in [4.78, 5) is 20.5. The molecule has 0 saturated heterocycles. The zero-order valence-electron chi connectivity index (χ0n) is 13.7. The van der Waals surface area contributed by atoms with Gasteiger partial charge >= 0.3 is 0 Å². The predicted molar refractivity (Wildman–Crippen MR) is 103 cm³/mol. The molecule has 7 heteroatoms. The molecule has 0 aliphatic carbocycles. The number of rotatable bonds is 6. The fourth-order valence-corrected chi connectivity index (χ4v) is 2.57. The lowest BCUT2D eigenvalue weighted by Gasteiger charge is -2.08. The van der Waals surface area contributed by atoms with E-state index in [0.29, 0.717) is 34.6 Å². The summed E-state index contributed by atoms with van der Waals surface area (Å²) < 4.78 is 0. The Balaban J connectivity index is 1.54. The van der Waals surface area contributed by atoms with Crippen LogP contribution in [-0.4, -0.2) is 15.9 Å². The third-order valence-corrected chi connectivity index (χ3v) is 4.30. The number of halogens is 2. The smallest absolute Gasteiger partial charge is 0.254 e. The maximum atomic E-state index is 12.2. The number of nitrogens with zero attached hydrogens (tertiary/aromatic N) is 2. The number of benzene rings is 2. The SMILES string of the molecule is O=C(NCc1ccccc1Cl)c1cnc(NCc2ccc(Cl)cc2)nc1. The van der Waals surface area contributed by atoms with Crippen LogP contribution in [-0.2, 0) is 13.1 Å². The summed E-state index contributed by atoms with van der Waals surface area (Å²) in [6, 6.07) is 14.9. The van der Waals surface area contributed by atoms with Crippen LogP contribution in [0.4, 0.5) is 5.95 Å². The molecule has 26 heavy (non-hydrogen) atoms. The van der Waals surface area contributed by atoms with Crippen molar-refractivity contribution in [3.63, 3.8) is 0 Å². The van der Waals surface area contributed by atoms with E-state index in [9.17, 15) is 4.79 Å². The summed E-state index contributed by atoms with van der Waals surface area (Å²) in [5.74, 6) is 0.191. The minimum atomic E-state index is -0.255. The van der Waals surface area contributed by atoms with Crippen molar-refractivity contribution in [2.75, 3.05) is 5.32 Å². The van der Waals surface area contributed by atoms with Gasteiger partial charge in [0.05, 0.1) is 5.56 Å². The van der Waals surface area contributed by atoms with Crippen molar-refractivity contribution in [2.45, 2.75) is 13.1 Å². The van der Waals surface area contributed by atoms with Gasteiger partial charge in [-0.1, -0.05) is 53.5 Å². The minimum Gasteiger partial charge on any atom is -0.350 e. The van der Waals surface area contributed by atoms with Gasteiger partial charge < -0.3 is 10.6 Å². The fourth-order valence-electron chi connectivity index (χ4n) is 2.24. The highest BCUT2D eigenvalue weighted by atomic mass is 35.5. The molecule has 5 nitrogen and oxygen atoms in total. The minimum absolute atomic E-state index is 0.255. The third kappa shape index (κ3) is 4.94. The first-order valence-electron chi connectivity index (χ1n) is 7.94. The zero-order chi connectivity index (χ0) is 18.4. The fraction of sp³-hybridized carbons (Fsp3) is 0.105. The van der Waals surface area contributed by atoms with Crippen LogP contribution in [0.25, 0.3) is 0 Å². The van der Waals surface area contributed by atoms with Gasteiger partial charge in [0.15, 0.2) is 0 Å². The standard InChI is InChI=1S/C19H16Cl2N4O/c20-16-7-5-13(6-8-16)9-23-19-24-11-15(12-25-19)18(26)22-10-14-3-1-2-4-17(14)21/h1-8,11-12H,9-10H2,(H,22,26)(H,23,24,25). The summed E-state index contributed by atoms with van der Waals surface area (Å²) in [6.07, 6.45) is 2.97. The van der Waals surface area contributed by atoms with Crippen molar-refractivity contribution in [2.24, 2.45) is 0 Å². The number of aromatic nitrogens is 2. The number of carbonyl (C=O) groups is 1. The normalized spacial score (nSPS) is 10.4. The number of carbonyl (C=O) groups excluding carboxylic acids is 1. The second kappa shape index (κ2) is 8.65. The van der Waals surface area contributed by atoms with E-state index in [1.165, 1.54) is 12.4 Å². The number of hydrogen-bond donors (Lipinski definition) is 2. The lowest BCUT2D eigenvalue weighted by molar-refractivity contribution is 0.0950. The van der Waals surface area contributed by atoms with Gasteiger partial charge in [-0.25, -0.2) is 9.97 Å². The zero-order valence-corrected chi connectivity index (χ0v) is 15.3. The van der Waals surface area contributed by atoms with E-state index in [2.05, 4.69) is 20.6 Å². The van der Waals surface area contributed by atoms with E-state index in [-0.39, 0.29) is 5.91 Å². The Kier molecular flexibility index (Phi) is 6.04. The number of nitrogens with one attached hydrogen (secondary N) is 2. The van der Waals surface area contributed by atoms with E-state index in [0.717, 1.165) is 11.1 Å². The third-order valence-electron chi connectivity index (χ3n) is 3.68. The molecular formula is C19H16Cl2N4O. The average molecular weight is 387 g/mol. The van der Waals surface area contributed by atoms with Crippen LogP contribution < -0.4 is 10.6 Å². The molecule has 2 aromatic carbocycles. The monoisotopic (exact) mass is 386 g/mol. The van der Waals surface area contributed by atoms with E-state index in [4.69, 9.17) is 23.2 Å². The lowest BCUT2D eigenvalue weighted by atomic mass is 10.2. The molecule has 3 rings (SSSR count). The summed E-state index contributed by atoms with van der Waals surface area (Å²) in [6.45, 7) is 0.907. The molecular weight excluding hydrogens is 371 g/mol. The molecule has 0 spiro atoms. The van der Waals surface area contributed by atoms with Crippen molar-refractivity contribution in [1.82, 2.24) is 15.3 Å². The Morgan fingerprint density at radius 3 is 2.31 bits per heavy atom. The van der Waals surface area contributed by atoms with Gasteiger partial charge in [-0.15, -0.1) is 0 Å². The topological polar surface area (TPSA) is 66.9 Å². The molecule has 0 fully saturated rings. The molecule has 0 unspecified atom stereocenters. The van der Waals surface area contributed by atoms with Crippen LogP contribution in [0.15, 0.2) is 60.9 Å². The van der Waals surface area contributed by atoms with Crippen LogP contribution in [0.5, 0.6) is 0 Å². The Morgan fingerprint density at radius 1 is 0.923 bits per heavy atom. The Labute approximate surface area is 161 Å². The summed E-state index contributed by atoms with van der Waals surface area (Å²) in [7, 11) is 0. The van der Waals surface area contributed by atoms with Gasteiger partial charge in [-0.3, -0.25) is 4.79 Å². The predicted octanol–water partition coefficient (Wildman–Crippen LogP) is 4.33. The molecule has 0 aliphatic rings. The van der Waals surface area contributed by atoms with Crippen molar-refractivity contribution < 1.29 is 4.79 Å². The van der Waals surface area contributed by atoms with Gasteiger partial charge in [-0.05, 0) is 29.3 Å². The highest BCUT2D eigenvalue weighted by molar-refractivity contribution is 6.31. The first kappa shape index (κ1) is 18.2. The van der Waals surface area contributed by atoms with Gasteiger partial charge in [0, 0.05) is 35.5 Å². The van der Waals surface area contributed by atoms with Crippen LogP contribution in [0.1, 0.15) is 21.5 Å². The molecule has 1 amide bonds. The van der Waals surface area contributed by atoms with E-state index in [1.807, 2.05) is 42.5 Å². The van der Waals surface area contributed by atoms with E-state index in [1.54, 1.807) is 6.07 Å². The molecule has 1 aromatic heterocycles. The number of amides is 1. The summed E-state index contributed by atoms with van der Waals surface area (Å²) >= 11 is 11.9. The molecule has 132 valence electrons. The van der Waals surface area contributed by atoms with Gasteiger partial charge in [-0.2, -0.15) is 0 Å². The molecule has 2 N–H and O–H groups in total. The Morgan fingerprint density at radius 2 is 1.62 bits per heavy atom. The van der Waals surface area contributed by atoms with Crippen molar-refractivity contribution in [3.8, 4) is 0 Å². The van der Waals surface area contributed by atoms with Gasteiger partial charge in [0.25, 0.3) is 5.91 Å². The van der Waals surface area contributed by atoms with Crippen LogP contribution >= 0.6 is 23.2 Å². The van der Waals surface area contributed by atoms with E-state index < -0.39 is 0 Å². The molecule has 1 heterocycles. The van der Waals surface area contributed by atoms with Crippen molar-refractivity contribution >= 4 is 35.1 Å². The summed E-state index contributed by atoms with van der Waals surface area (Å²) in [5.41, 5.74) is 2.29. The van der Waals surface area contributed by atoms with E-state index >= 15 is 0 Å². The van der Waals surface area contributed by atoms with Gasteiger partial charge in [0.2, 0.25) is 5.95 Å². The second-order valence-corrected chi connectivity index (χ2v) is 6.39. The van der Waals surface area contributed by atoms with Crippen LogP contribution in [0.3, 0.4) is 0 Å². The molecule has 0 bridgehead atoms. The van der Waals surface area contributed by atoms with Crippen molar-refractivity contribution in [1.29, 1.82) is 0 Å². The molecule has 0 radical (unpaired) electrons. The highest BCUT2D eigenvalue weighted by Gasteiger charge is 2.08. The quantitative estimate of drug-likeness (QED) is 0.661. The molecule has 3 aromatic rings. The number of anilines is 1. The van der Waals surface area contributed by atoms with Crippen LogP contribution in [0.2, 0.25) is 10.0 Å². The van der Waals surface area contributed by atoms with Gasteiger partial charge in [0.1, 0.15) is 0 Å². The maximum absolute atomic E-state index is 12.2. The average Bonchev–Trinajstić information content (AvgIpc) is 2.67. The lowest BCUT2D eigenvalue weighted by Crippen LogP contribution is -2.23.